The molecule has 1 aliphatic heterocycles. The number of aliphatic hydroxyl groups excluding tert-OH is 1. The number of nitrogens with two attached hydrogens (primary N) is 1. The highest BCUT2D eigenvalue weighted by molar-refractivity contribution is 5.73. The van der Waals surface area contributed by atoms with Gasteiger partial charge in [0.2, 0.25) is 5.91 Å². The SMILES string of the molecule is CC(=O)N[C@H]1[C@@H](OCCOCCOCCOCCN)O[C@H](CC=O)C[C@@H]1O. The molecule has 0 aromatic carbocycles. The van der Waals surface area contributed by atoms with E-state index < -0.39 is 24.5 Å². The van der Waals surface area contributed by atoms with Crippen LogP contribution in [0, 0.1) is 0 Å². The summed E-state index contributed by atoms with van der Waals surface area (Å²) >= 11 is 0. The van der Waals surface area contributed by atoms with Crippen molar-refractivity contribution in [1.82, 2.24) is 5.32 Å². The van der Waals surface area contributed by atoms with Crippen molar-refractivity contribution in [3.05, 3.63) is 0 Å². The molecule has 1 aliphatic rings. The van der Waals surface area contributed by atoms with Crippen LogP contribution in [-0.4, -0.2) is 94.6 Å². The first-order valence-corrected chi connectivity index (χ1v) is 9.17. The van der Waals surface area contributed by atoms with Gasteiger partial charge < -0.3 is 44.6 Å². The highest BCUT2D eigenvalue weighted by Gasteiger charge is 2.38. The van der Waals surface area contributed by atoms with Gasteiger partial charge in [0.25, 0.3) is 0 Å². The van der Waals surface area contributed by atoms with E-state index in [2.05, 4.69) is 5.32 Å². The second-order valence-electron chi connectivity index (χ2n) is 6.05. The molecule has 27 heavy (non-hydrogen) atoms. The molecule has 0 aromatic rings. The third-order valence-electron chi connectivity index (χ3n) is 3.78. The number of amides is 1. The summed E-state index contributed by atoms with van der Waals surface area (Å²) in [5.41, 5.74) is 5.30. The van der Waals surface area contributed by atoms with Crippen LogP contribution in [0.25, 0.3) is 0 Å². The first-order valence-electron chi connectivity index (χ1n) is 9.17. The first-order chi connectivity index (χ1) is 13.1. The van der Waals surface area contributed by atoms with Crippen molar-refractivity contribution in [3.63, 3.8) is 0 Å². The second-order valence-corrected chi connectivity index (χ2v) is 6.05. The van der Waals surface area contributed by atoms with E-state index in [9.17, 15) is 14.7 Å². The summed E-state index contributed by atoms with van der Waals surface area (Å²) in [4.78, 5) is 22.0. The standard InChI is InChI=1S/C17H32N2O8/c1-13(21)19-16-15(22)12-14(2-4-20)27-17(16)26-11-10-25-9-8-24-7-6-23-5-3-18/h4,14-17,22H,2-3,5-12,18H2,1H3,(H,19,21)/t14-,15+,16-,17+/m1/s1. The predicted octanol–water partition coefficient (Wildman–Crippen LogP) is -1.42. The van der Waals surface area contributed by atoms with Gasteiger partial charge >= 0.3 is 0 Å². The van der Waals surface area contributed by atoms with Crippen LogP contribution in [0.3, 0.4) is 0 Å². The lowest BCUT2D eigenvalue weighted by molar-refractivity contribution is -0.234. The van der Waals surface area contributed by atoms with Crippen LogP contribution in [0.15, 0.2) is 0 Å². The molecule has 4 N–H and O–H groups in total. The number of hydrogen-bond donors (Lipinski definition) is 3. The van der Waals surface area contributed by atoms with E-state index in [0.29, 0.717) is 46.2 Å². The van der Waals surface area contributed by atoms with Crippen molar-refractivity contribution >= 4 is 12.2 Å². The van der Waals surface area contributed by atoms with E-state index in [4.69, 9.17) is 29.4 Å². The zero-order valence-electron chi connectivity index (χ0n) is 15.8. The van der Waals surface area contributed by atoms with Gasteiger partial charge in [-0.25, -0.2) is 0 Å². The summed E-state index contributed by atoms with van der Waals surface area (Å²) in [5.74, 6) is -0.297. The van der Waals surface area contributed by atoms with E-state index in [-0.39, 0.29) is 25.4 Å². The lowest BCUT2D eigenvalue weighted by atomic mass is 9.98. The van der Waals surface area contributed by atoms with Gasteiger partial charge in [-0.3, -0.25) is 4.79 Å². The molecule has 158 valence electrons. The van der Waals surface area contributed by atoms with E-state index in [1.807, 2.05) is 0 Å². The molecule has 1 heterocycles. The predicted molar refractivity (Wildman–Crippen MR) is 95.0 cm³/mol. The normalized spacial score (nSPS) is 25.3. The fraction of sp³-hybridized carbons (Fsp3) is 0.882. The molecule has 1 saturated heterocycles. The molecule has 10 heteroatoms. The van der Waals surface area contributed by atoms with Crippen molar-refractivity contribution < 1.29 is 38.4 Å². The van der Waals surface area contributed by atoms with Crippen LogP contribution in [-0.2, 0) is 33.3 Å². The molecule has 0 spiro atoms. The number of nitrogens with one attached hydrogen (secondary N) is 1. The highest BCUT2D eigenvalue weighted by atomic mass is 16.7. The number of carbonyl (C=O) groups excluding carboxylic acids is 2. The van der Waals surface area contributed by atoms with Crippen LogP contribution >= 0.6 is 0 Å². The van der Waals surface area contributed by atoms with Gasteiger partial charge in [0.1, 0.15) is 12.3 Å². The van der Waals surface area contributed by atoms with E-state index >= 15 is 0 Å². The van der Waals surface area contributed by atoms with Gasteiger partial charge in [-0.1, -0.05) is 0 Å². The molecule has 0 radical (unpaired) electrons. The lowest BCUT2D eigenvalue weighted by Gasteiger charge is -2.39. The fourth-order valence-electron chi connectivity index (χ4n) is 2.58. The average molecular weight is 392 g/mol. The minimum absolute atomic E-state index is 0.159. The summed E-state index contributed by atoms with van der Waals surface area (Å²) in [5, 5.41) is 12.8. The molecule has 1 amide bonds. The molecule has 0 aromatic heterocycles. The topological polar surface area (TPSA) is 139 Å². The quantitative estimate of drug-likeness (QED) is 0.226. The lowest BCUT2D eigenvalue weighted by Crippen LogP contribution is -2.57. The fourth-order valence-corrected chi connectivity index (χ4v) is 2.58. The third kappa shape index (κ3) is 10.7. The average Bonchev–Trinajstić information content (AvgIpc) is 2.62. The molecular formula is C17H32N2O8. The number of carbonyl (C=O) groups is 2. The molecule has 1 rings (SSSR count). The smallest absolute Gasteiger partial charge is 0.217 e. The maximum Gasteiger partial charge on any atom is 0.217 e. The summed E-state index contributed by atoms with van der Waals surface area (Å²) in [6, 6.07) is -0.692. The van der Waals surface area contributed by atoms with Crippen LogP contribution in [0.4, 0.5) is 0 Å². The Bertz CT molecular complexity index is 412. The zero-order valence-corrected chi connectivity index (χ0v) is 15.8. The molecule has 0 aliphatic carbocycles. The van der Waals surface area contributed by atoms with Crippen molar-refractivity contribution in [3.8, 4) is 0 Å². The largest absolute Gasteiger partial charge is 0.391 e. The van der Waals surface area contributed by atoms with E-state index in [1.165, 1.54) is 6.92 Å². The van der Waals surface area contributed by atoms with Crippen molar-refractivity contribution in [2.45, 2.75) is 44.3 Å². The highest BCUT2D eigenvalue weighted by Crippen LogP contribution is 2.23. The van der Waals surface area contributed by atoms with Crippen LogP contribution in [0.2, 0.25) is 0 Å². The molecule has 0 unspecified atom stereocenters. The Labute approximate surface area is 159 Å². The monoisotopic (exact) mass is 392 g/mol. The molecule has 10 nitrogen and oxygen atoms in total. The minimum Gasteiger partial charge on any atom is -0.391 e. The first kappa shape index (κ1) is 23.9. The molecule has 0 saturated carbocycles. The van der Waals surface area contributed by atoms with Gasteiger partial charge in [0.05, 0.1) is 58.5 Å². The Morgan fingerprint density at radius 3 is 2.30 bits per heavy atom. The molecule has 0 bridgehead atoms. The van der Waals surface area contributed by atoms with Crippen LogP contribution < -0.4 is 11.1 Å². The van der Waals surface area contributed by atoms with Gasteiger partial charge in [-0.05, 0) is 0 Å². The van der Waals surface area contributed by atoms with E-state index in [1.54, 1.807) is 0 Å². The Morgan fingerprint density at radius 1 is 1.15 bits per heavy atom. The van der Waals surface area contributed by atoms with Gasteiger partial charge in [0.15, 0.2) is 6.29 Å². The van der Waals surface area contributed by atoms with Gasteiger partial charge in [-0.2, -0.15) is 0 Å². The molecule has 4 atom stereocenters. The van der Waals surface area contributed by atoms with Gasteiger partial charge in [-0.15, -0.1) is 0 Å². The van der Waals surface area contributed by atoms with Crippen LogP contribution in [0.1, 0.15) is 19.8 Å². The number of ether oxygens (including phenoxy) is 5. The maximum atomic E-state index is 11.3. The summed E-state index contributed by atoms with van der Waals surface area (Å²) in [6.07, 6.45) is -0.991. The van der Waals surface area contributed by atoms with E-state index in [0.717, 1.165) is 6.29 Å². The Hall–Kier alpha value is -1.14. The zero-order chi connectivity index (χ0) is 19.9. The Morgan fingerprint density at radius 2 is 1.74 bits per heavy atom. The minimum atomic E-state index is -0.853. The second kappa shape index (κ2) is 14.9. The summed E-state index contributed by atoms with van der Waals surface area (Å²) in [6.45, 7) is 4.67. The Kier molecular flexibility index (Phi) is 13.2. The number of rotatable bonds is 15. The summed E-state index contributed by atoms with van der Waals surface area (Å²) in [7, 11) is 0. The number of aliphatic hydroxyl groups is 1. The van der Waals surface area contributed by atoms with Crippen LogP contribution in [0.5, 0.6) is 0 Å². The molecule has 1 fully saturated rings. The van der Waals surface area contributed by atoms with Gasteiger partial charge in [0, 0.05) is 26.3 Å². The third-order valence-corrected chi connectivity index (χ3v) is 3.78. The molecular weight excluding hydrogens is 360 g/mol. The van der Waals surface area contributed by atoms with Crippen molar-refractivity contribution in [1.29, 1.82) is 0 Å². The number of hydrogen-bond acceptors (Lipinski definition) is 9. The number of aldehydes is 1. The maximum absolute atomic E-state index is 11.3. The summed E-state index contributed by atoms with van der Waals surface area (Å²) < 4.78 is 27.2. The van der Waals surface area contributed by atoms with Crippen molar-refractivity contribution in [2.24, 2.45) is 5.73 Å². The Balaban J connectivity index is 2.20. The van der Waals surface area contributed by atoms with Crippen molar-refractivity contribution in [2.75, 3.05) is 52.8 Å².